The lowest BCUT2D eigenvalue weighted by Gasteiger charge is -2.30. The lowest BCUT2D eigenvalue weighted by molar-refractivity contribution is -0.130. The highest BCUT2D eigenvalue weighted by Crippen LogP contribution is 2.23. The second-order valence-electron chi connectivity index (χ2n) is 6.87. The van der Waals surface area contributed by atoms with Crippen LogP contribution in [-0.2, 0) is 9.53 Å². The van der Waals surface area contributed by atoms with E-state index < -0.39 is 12.1 Å². The van der Waals surface area contributed by atoms with Crippen molar-refractivity contribution in [2.75, 3.05) is 19.0 Å². The smallest absolute Gasteiger partial charge is 0.338 e. The maximum atomic E-state index is 12.3. The number of hydrogen-bond donors (Lipinski definition) is 1. The average molecular weight is 332 g/mol. The number of rotatable bonds is 5. The fourth-order valence-electron chi connectivity index (χ4n) is 3.01. The third kappa shape index (κ3) is 4.73. The number of carbonyl (C=O) groups excluding carboxylic acids is 2. The molecule has 0 radical (unpaired) electrons. The van der Waals surface area contributed by atoms with Crippen molar-refractivity contribution in [1.29, 1.82) is 0 Å². The molecule has 3 atom stereocenters. The lowest BCUT2D eigenvalue weighted by Crippen LogP contribution is -2.45. The first-order valence-electron chi connectivity index (χ1n) is 8.67. The predicted octanol–water partition coefficient (Wildman–Crippen LogP) is 2.99. The van der Waals surface area contributed by atoms with E-state index in [0.717, 1.165) is 24.9 Å². The summed E-state index contributed by atoms with van der Waals surface area (Å²) in [5.41, 5.74) is 1.45. The molecule has 0 bridgehead atoms. The van der Waals surface area contributed by atoms with Gasteiger partial charge in [-0.3, -0.25) is 4.79 Å². The topological polar surface area (TPSA) is 58.6 Å². The molecule has 0 aromatic heterocycles. The Hall–Kier alpha value is -2.04. The molecule has 0 aliphatic heterocycles. The first kappa shape index (κ1) is 18.3. The molecule has 0 heterocycles. The van der Waals surface area contributed by atoms with Crippen molar-refractivity contribution in [3.05, 3.63) is 29.8 Å². The molecule has 1 N–H and O–H groups in total. The lowest BCUT2D eigenvalue weighted by atomic mass is 9.86. The number of nitrogens with one attached hydrogen (secondary N) is 1. The fraction of sp³-hybridized carbons (Fsp3) is 0.579. The van der Waals surface area contributed by atoms with Gasteiger partial charge in [0.1, 0.15) is 0 Å². The van der Waals surface area contributed by atoms with Crippen molar-refractivity contribution in [2.45, 2.75) is 51.7 Å². The minimum atomic E-state index is -0.792. The van der Waals surface area contributed by atoms with E-state index >= 15 is 0 Å². The minimum absolute atomic E-state index is 0.187. The normalized spacial score (nSPS) is 21.7. The van der Waals surface area contributed by atoms with Crippen molar-refractivity contribution in [3.63, 3.8) is 0 Å². The van der Waals surface area contributed by atoms with Crippen LogP contribution in [0.2, 0.25) is 0 Å². The van der Waals surface area contributed by atoms with Gasteiger partial charge in [-0.25, -0.2) is 4.79 Å². The van der Waals surface area contributed by atoms with E-state index in [9.17, 15) is 9.59 Å². The molecular formula is C19H28N2O3. The molecule has 2 rings (SSSR count). The number of hydrogen-bond acceptors (Lipinski definition) is 4. The Morgan fingerprint density at radius 2 is 1.79 bits per heavy atom. The van der Waals surface area contributed by atoms with Crippen LogP contribution >= 0.6 is 0 Å². The monoisotopic (exact) mass is 332 g/mol. The molecule has 1 fully saturated rings. The van der Waals surface area contributed by atoms with Crippen LogP contribution in [0.4, 0.5) is 5.69 Å². The molecule has 24 heavy (non-hydrogen) atoms. The fourth-order valence-corrected chi connectivity index (χ4v) is 3.01. The van der Waals surface area contributed by atoms with Crippen molar-refractivity contribution >= 4 is 17.6 Å². The van der Waals surface area contributed by atoms with E-state index in [0.29, 0.717) is 11.5 Å². The van der Waals surface area contributed by atoms with Crippen molar-refractivity contribution in [3.8, 4) is 0 Å². The van der Waals surface area contributed by atoms with E-state index in [1.165, 1.54) is 6.42 Å². The van der Waals surface area contributed by atoms with Gasteiger partial charge in [0, 0.05) is 25.8 Å². The second-order valence-corrected chi connectivity index (χ2v) is 6.87. The molecule has 5 nitrogen and oxygen atoms in total. The van der Waals surface area contributed by atoms with Crippen LogP contribution in [0.15, 0.2) is 24.3 Å². The Labute approximate surface area is 144 Å². The van der Waals surface area contributed by atoms with E-state index in [1.54, 1.807) is 19.1 Å². The second kappa shape index (κ2) is 8.18. The molecule has 1 aromatic carbocycles. The first-order valence-corrected chi connectivity index (χ1v) is 8.67. The summed E-state index contributed by atoms with van der Waals surface area (Å²) in [7, 11) is 3.87. The molecule has 1 aliphatic carbocycles. The Bertz CT molecular complexity index is 568. The van der Waals surface area contributed by atoms with Gasteiger partial charge in [0.25, 0.3) is 5.91 Å². The summed E-state index contributed by atoms with van der Waals surface area (Å²) in [6.45, 7) is 3.78. The van der Waals surface area contributed by atoms with Gasteiger partial charge >= 0.3 is 5.97 Å². The highest BCUT2D eigenvalue weighted by atomic mass is 16.5. The molecule has 1 saturated carbocycles. The van der Waals surface area contributed by atoms with Gasteiger partial charge in [-0.2, -0.15) is 0 Å². The number of amides is 1. The number of esters is 1. The number of anilines is 1. The summed E-state index contributed by atoms with van der Waals surface area (Å²) in [6, 6.07) is 7.32. The number of carbonyl (C=O) groups is 2. The third-order valence-corrected chi connectivity index (χ3v) is 4.71. The Morgan fingerprint density at radius 3 is 2.38 bits per heavy atom. The summed E-state index contributed by atoms with van der Waals surface area (Å²) in [5, 5.41) is 3.03. The molecular weight excluding hydrogens is 304 g/mol. The van der Waals surface area contributed by atoms with Gasteiger partial charge in [-0.15, -0.1) is 0 Å². The van der Waals surface area contributed by atoms with Gasteiger partial charge in [-0.1, -0.05) is 19.8 Å². The highest BCUT2D eigenvalue weighted by Gasteiger charge is 2.26. The van der Waals surface area contributed by atoms with Crippen molar-refractivity contribution in [1.82, 2.24) is 5.32 Å². The van der Waals surface area contributed by atoms with Gasteiger partial charge < -0.3 is 15.0 Å². The zero-order chi connectivity index (χ0) is 17.7. The van der Waals surface area contributed by atoms with Crippen molar-refractivity contribution in [2.24, 2.45) is 5.92 Å². The summed E-state index contributed by atoms with van der Waals surface area (Å²) in [4.78, 5) is 26.4. The van der Waals surface area contributed by atoms with Crippen LogP contribution in [0, 0.1) is 5.92 Å². The molecule has 1 amide bonds. The van der Waals surface area contributed by atoms with Crippen LogP contribution in [-0.4, -0.2) is 38.1 Å². The largest absolute Gasteiger partial charge is 0.449 e. The highest BCUT2D eigenvalue weighted by molar-refractivity contribution is 5.92. The van der Waals surface area contributed by atoms with Gasteiger partial charge in [0.15, 0.2) is 6.10 Å². The van der Waals surface area contributed by atoms with E-state index in [-0.39, 0.29) is 11.9 Å². The molecule has 0 saturated heterocycles. The standard InChI is InChI=1S/C19H28N2O3/c1-13-7-5-6-8-17(13)20-18(22)14(2)24-19(23)15-9-11-16(12-10-15)21(3)4/h9-14,17H,5-8H2,1-4H3,(H,20,22)/t13-,14+,17-/m0/s1. The maximum absolute atomic E-state index is 12.3. The van der Waals surface area contributed by atoms with Crippen LogP contribution in [0.3, 0.4) is 0 Å². The summed E-state index contributed by atoms with van der Waals surface area (Å²) < 4.78 is 5.31. The Kier molecular flexibility index (Phi) is 6.23. The van der Waals surface area contributed by atoms with E-state index in [2.05, 4.69) is 12.2 Å². The van der Waals surface area contributed by atoms with Gasteiger partial charge in [0.05, 0.1) is 5.56 Å². The minimum Gasteiger partial charge on any atom is -0.449 e. The van der Waals surface area contributed by atoms with Crippen LogP contribution in [0.1, 0.15) is 49.9 Å². The zero-order valence-corrected chi connectivity index (χ0v) is 15.0. The average Bonchev–Trinajstić information content (AvgIpc) is 2.56. The maximum Gasteiger partial charge on any atom is 0.338 e. The summed E-state index contributed by atoms with van der Waals surface area (Å²) in [6.07, 6.45) is 3.71. The number of ether oxygens (including phenoxy) is 1. The SMILES string of the molecule is C[C@@H](OC(=O)c1ccc(N(C)C)cc1)C(=O)N[C@H]1CCCC[C@@H]1C. The molecule has 1 aromatic rings. The van der Waals surface area contributed by atoms with Crippen LogP contribution < -0.4 is 10.2 Å². The van der Waals surface area contributed by atoms with E-state index in [4.69, 9.17) is 4.74 Å². The summed E-state index contributed by atoms with van der Waals surface area (Å²) >= 11 is 0. The van der Waals surface area contributed by atoms with Crippen LogP contribution in [0.25, 0.3) is 0 Å². The first-order chi connectivity index (χ1) is 11.4. The molecule has 0 spiro atoms. The Morgan fingerprint density at radius 1 is 1.17 bits per heavy atom. The molecule has 0 unspecified atom stereocenters. The van der Waals surface area contributed by atoms with Crippen LogP contribution in [0.5, 0.6) is 0 Å². The van der Waals surface area contributed by atoms with Gasteiger partial charge in [0.2, 0.25) is 0 Å². The molecule has 1 aliphatic rings. The summed E-state index contributed by atoms with van der Waals surface area (Å²) in [5.74, 6) is -0.212. The zero-order valence-electron chi connectivity index (χ0n) is 15.0. The Balaban J connectivity index is 1.89. The van der Waals surface area contributed by atoms with Crippen molar-refractivity contribution < 1.29 is 14.3 Å². The predicted molar refractivity (Wildman–Crippen MR) is 95.2 cm³/mol. The van der Waals surface area contributed by atoms with E-state index in [1.807, 2.05) is 31.1 Å². The third-order valence-electron chi connectivity index (χ3n) is 4.71. The number of benzene rings is 1. The molecule has 132 valence electrons. The number of nitrogens with zero attached hydrogens (tertiary/aromatic N) is 1. The van der Waals surface area contributed by atoms with Gasteiger partial charge in [-0.05, 0) is 49.9 Å². The molecule has 5 heteroatoms. The quantitative estimate of drug-likeness (QED) is 0.842.